The van der Waals surface area contributed by atoms with Crippen LogP contribution < -0.4 is 10.6 Å². The molecule has 3 fully saturated rings. The van der Waals surface area contributed by atoms with Crippen molar-refractivity contribution in [2.24, 2.45) is 17.8 Å². The Labute approximate surface area is 213 Å². The molecule has 186 valence electrons. The van der Waals surface area contributed by atoms with Crippen molar-refractivity contribution < 1.29 is 19.5 Å². The van der Waals surface area contributed by atoms with Crippen molar-refractivity contribution in [3.8, 4) is 0 Å². The van der Waals surface area contributed by atoms with Crippen LogP contribution in [0.2, 0.25) is 0 Å². The maximum atomic E-state index is 14.1. The average Bonchev–Trinajstić information content (AvgIpc) is 3.38. The number of likely N-dealkylation sites (tertiary alicyclic amines) is 1. The highest BCUT2D eigenvalue weighted by atomic mass is 79.9. The molecule has 0 aliphatic carbocycles. The zero-order valence-electron chi connectivity index (χ0n) is 20.0. The van der Waals surface area contributed by atoms with Gasteiger partial charge in [0.15, 0.2) is 0 Å². The number of para-hydroxylation sites is 1. The average molecular weight is 553 g/mol. The lowest BCUT2D eigenvalue weighted by molar-refractivity contribution is -0.143. The summed E-state index contributed by atoms with van der Waals surface area (Å²) in [5.41, 5.74) is 0.685. The Morgan fingerprint density at radius 1 is 1.24 bits per heavy atom. The number of fused-ring (bicyclic) bond motifs is 1. The number of anilines is 1. The monoisotopic (exact) mass is 551 g/mol. The van der Waals surface area contributed by atoms with Crippen molar-refractivity contribution >= 4 is 51.1 Å². The molecular formula is C25H34BrN3O4S. The largest absolute Gasteiger partial charge is 0.394 e. The number of nitrogens with one attached hydrogen (secondary N) is 2. The lowest BCUT2D eigenvalue weighted by atomic mass is 9.70. The summed E-state index contributed by atoms with van der Waals surface area (Å²) in [6.07, 6.45) is 1.39. The minimum atomic E-state index is -0.733. The second-order valence-electron chi connectivity index (χ2n) is 10.1. The van der Waals surface area contributed by atoms with Gasteiger partial charge in [0.25, 0.3) is 0 Å². The van der Waals surface area contributed by atoms with Gasteiger partial charge in [0.05, 0.1) is 29.2 Å². The molecule has 3 aliphatic rings. The molecule has 7 nitrogen and oxygen atoms in total. The third-order valence-electron chi connectivity index (χ3n) is 7.60. The molecule has 0 aromatic heterocycles. The van der Waals surface area contributed by atoms with E-state index in [1.54, 1.807) is 16.7 Å². The van der Waals surface area contributed by atoms with Gasteiger partial charge in [-0.2, -0.15) is 0 Å². The molecule has 3 unspecified atom stereocenters. The number of benzene rings is 1. The molecule has 0 radical (unpaired) electrons. The highest BCUT2D eigenvalue weighted by Gasteiger charge is 2.76. The topological polar surface area (TPSA) is 98.7 Å². The van der Waals surface area contributed by atoms with Crippen LogP contribution in [0, 0.1) is 17.8 Å². The van der Waals surface area contributed by atoms with Gasteiger partial charge < -0.3 is 20.6 Å². The molecule has 1 aromatic rings. The minimum Gasteiger partial charge on any atom is -0.394 e. The van der Waals surface area contributed by atoms with E-state index in [4.69, 9.17) is 0 Å². The molecule has 1 aromatic carbocycles. The summed E-state index contributed by atoms with van der Waals surface area (Å²) in [6.45, 7) is 7.59. The zero-order valence-corrected chi connectivity index (χ0v) is 22.4. The van der Waals surface area contributed by atoms with Crippen LogP contribution in [0.3, 0.4) is 0 Å². The van der Waals surface area contributed by atoms with Crippen molar-refractivity contribution in [2.45, 2.75) is 73.5 Å². The third kappa shape index (κ3) is 4.07. The molecule has 9 heteroatoms. The van der Waals surface area contributed by atoms with Gasteiger partial charge in [-0.1, -0.05) is 54.4 Å². The number of hydrogen-bond acceptors (Lipinski definition) is 5. The summed E-state index contributed by atoms with van der Waals surface area (Å²) >= 11 is 5.38. The van der Waals surface area contributed by atoms with Gasteiger partial charge in [0.2, 0.25) is 17.7 Å². The fourth-order valence-electron chi connectivity index (χ4n) is 5.95. The van der Waals surface area contributed by atoms with E-state index in [-0.39, 0.29) is 46.4 Å². The molecule has 3 heterocycles. The summed E-state index contributed by atoms with van der Waals surface area (Å²) in [4.78, 5) is 42.9. The first-order chi connectivity index (χ1) is 16.2. The summed E-state index contributed by atoms with van der Waals surface area (Å²) in [5, 5.41) is 16.2. The van der Waals surface area contributed by atoms with Crippen LogP contribution in [-0.2, 0) is 14.4 Å². The van der Waals surface area contributed by atoms with Gasteiger partial charge >= 0.3 is 0 Å². The molecule has 0 saturated carbocycles. The normalized spacial score (nSPS) is 33.7. The summed E-state index contributed by atoms with van der Waals surface area (Å²) in [7, 11) is 0. The fourth-order valence-corrected chi connectivity index (χ4v) is 9.55. The number of aliphatic hydroxyl groups is 1. The van der Waals surface area contributed by atoms with Gasteiger partial charge in [-0.05, 0) is 38.3 Å². The van der Waals surface area contributed by atoms with Crippen molar-refractivity contribution in [1.82, 2.24) is 10.2 Å². The van der Waals surface area contributed by atoms with Crippen LogP contribution in [0.5, 0.6) is 0 Å². The molecule has 4 rings (SSSR count). The molecule has 3 saturated heterocycles. The van der Waals surface area contributed by atoms with Gasteiger partial charge in [0, 0.05) is 21.8 Å². The van der Waals surface area contributed by atoms with Crippen LogP contribution in [-0.4, -0.2) is 67.3 Å². The predicted molar refractivity (Wildman–Crippen MR) is 138 cm³/mol. The SMILES string of the molecule is CC[C@H](C)[C@H](CO)N1C(=O)[C@@H]2[C@@H](C(=O)Nc3ccccc3)[C@@H]3SC2(CC3Br)C1C(=O)NC(C)C. The smallest absolute Gasteiger partial charge is 0.244 e. The Bertz CT molecular complexity index is 947. The van der Waals surface area contributed by atoms with Crippen molar-refractivity contribution in [3.05, 3.63) is 30.3 Å². The van der Waals surface area contributed by atoms with Gasteiger partial charge in [0.1, 0.15) is 6.04 Å². The van der Waals surface area contributed by atoms with E-state index < -0.39 is 28.7 Å². The molecule has 3 aliphatic heterocycles. The first kappa shape index (κ1) is 25.5. The van der Waals surface area contributed by atoms with Gasteiger partial charge in [-0.15, -0.1) is 11.8 Å². The number of carbonyl (C=O) groups excluding carboxylic acids is 3. The Kier molecular flexibility index (Phi) is 7.37. The van der Waals surface area contributed by atoms with Crippen LogP contribution in [0.25, 0.3) is 0 Å². The van der Waals surface area contributed by atoms with E-state index in [0.717, 1.165) is 6.42 Å². The third-order valence-corrected chi connectivity index (χ3v) is 10.8. The van der Waals surface area contributed by atoms with Crippen LogP contribution in [0.4, 0.5) is 5.69 Å². The number of hydrogen-bond donors (Lipinski definition) is 3. The Morgan fingerprint density at radius 2 is 1.91 bits per heavy atom. The van der Waals surface area contributed by atoms with Crippen molar-refractivity contribution in [3.63, 3.8) is 0 Å². The standard InChI is InChI=1S/C25H34BrN3O4S/c1-5-14(4)17(12-30)29-21(23(32)27-13(2)3)25-11-16(26)20(34-25)18(19(25)24(29)33)22(31)28-15-9-7-6-8-10-15/h6-10,13-14,16-21,30H,5,11-12H2,1-4H3,(H,27,32)(H,28,31)/t14-,16?,17-,18+,19-,20+,21?,25?/m0/s1. The zero-order chi connectivity index (χ0) is 24.8. The number of aliphatic hydroxyl groups excluding tert-OH is 1. The summed E-state index contributed by atoms with van der Waals surface area (Å²) in [5.74, 6) is -1.75. The number of rotatable bonds is 8. The number of thioether (sulfide) groups is 1. The van der Waals surface area contributed by atoms with Crippen LogP contribution in [0.15, 0.2) is 30.3 Å². The highest BCUT2D eigenvalue weighted by Crippen LogP contribution is 2.68. The molecule has 2 bridgehead atoms. The number of amides is 3. The first-order valence-electron chi connectivity index (χ1n) is 12.1. The number of halogens is 1. The fraction of sp³-hybridized carbons (Fsp3) is 0.640. The molecule has 1 spiro atoms. The Hall–Kier alpha value is -1.58. The van der Waals surface area contributed by atoms with E-state index in [1.165, 1.54) is 0 Å². The molecule has 3 N–H and O–H groups in total. The van der Waals surface area contributed by atoms with Crippen LogP contribution >= 0.6 is 27.7 Å². The van der Waals surface area contributed by atoms with E-state index in [9.17, 15) is 19.5 Å². The van der Waals surface area contributed by atoms with E-state index in [1.807, 2.05) is 58.0 Å². The minimum absolute atomic E-state index is 0.0112. The van der Waals surface area contributed by atoms with Gasteiger partial charge in [-0.3, -0.25) is 14.4 Å². The molecule has 34 heavy (non-hydrogen) atoms. The van der Waals surface area contributed by atoms with Gasteiger partial charge in [-0.25, -0.2) is 0 Å². The molecule has 3 amide bonds. The lowest BCUT2D eigenvalue weighted by Crippen LogP contribution is -2.58. The van der Waals surface area contributed by atoms with E-state index >= 15 is 0 Å². The highest BCUT2D eigenvalue weighted by molar-refractivity contribution is 9.09. The maximum absolute atomic E-state index is 14.1. The number of nitrogens with zero attached hydrogens (tertiary/aromatic N) is 1. The maximum Gasteiger partial charge on any atom is 0.244 e. The Morgan fingerprint density at radius 3 is 2.50 bits per heavy atom. The van der Waals surface area contributed by atoms with E-state index in [2.05, 4.69) is 26.6 Å². The molecule has 8 atom stereocenters. The Balaban J connectivity index is 1.76. The van der Waals surface area contributed by atoms with Crippen molar-refractivity contribution in [1.29, 1.82) is 0 Å². The predicted octanol–water partition coefficient (Wildman–Crippen LogP) is 3.02. The summed E-state index contributed by atoms with van der Waals surface area (Å²) in [6, 6.07) is 7.94. The van der Waals surface area contributed by atoms with E-state index in [0.29, 0.717) is 12.1 Å². The number of alkyl halides is 1. The van der Waals surface area contributed by atoms with Crippen molar-refractivity contribution in [2.75, 3.05) is 11.9 Å². The summed E-state index contributed by atoms with van der Waals surface area (Å²) < 4.78 is -0.714. The second kappa shape index (κ2) is 9.82. The number of carbonyl (C=O) groups is 3. The van der Waals surface area contributed by atoms with Crippen LogP contribution in [0.1, 0.15) is 40.5 Å². The lowest BCUT2D eigenvalue weighted by Gasteiger charge is -2.39. The molecular weight excluding hydrogens is 518 g/mol. The first-order valence-corrected chi connectivity index (χ1v) is 13.9. The second-order valence-corrected chi connectivity index (χ2v) is 12.8. The quantitative estimate of drug-likeness (QED) is 0.431.